The van der Waals surface area contributed by atoms with E-state index in [0.29, 0.717) is 28.2 Å². The summed E-state index contributed by atoms with van der Waals surface area (Å²) in [5, 5.41) is 0.202. The van der Waals surface area contributed by atoms with Crippen LogP contribution < -0.4 is 5.73 Å². The lowest BCUT2D eigenvalue weighted by Crippen LogP contribution is -2.02. The van der Waals surface area contributed by atoms with Crippen molar-refractivity contribution >= 4 is 22.3 Å². The van der Waals surface area contributed by atoms with Crippen LogP contribution in [0.5, 0.6) is 0 Å². The predicted octanol–water partition coefficient (Wildman–Crippen LogP) is 2.30. The molecular formula is C16H14ClFN4O2S. The van der Waals surface area contributed by atoms with E-state index >= 15 is 0 Å². The highest BCUT2D eigenvalue weighted by Crippen LogP contribution is 2.30. The average molecular weight is 381 g/mol. The zero-order valence-electron chi connectivity index (χ0n) is 12.9. The van der Waals surface area contributed by atoms with E-state index in [1.807, 2.05) is 0 Å². The molecule has 25 heavy (non-hydrogen) atoms. The molecule has 9 heteroatoms. The van der Waals surface area contributed by atoms with Crippen molar-refractivity contribution in [1.29, 1.82) is 0 Å². The van der Waals surface area contributed by atoms with Gasteiger partial charge >= 0.3 is 0 Å². The molecule has 0 bridgehead atoms. The van der Waals surface area contributed by atoms with Crippen molar-refractivity contribution in [3.63, 3.8) is 0 Å². The Kier molecular flexibility index (Phi) is 5.12. The van der Waals surface area contributed by atoms with Gasteiger partial charge in [-0.05, 0) is 17.7 Å². The molecule has 2 aromatic heterocycles. The van der Waals surface area contributed by atoms with E-state index in [0.717, 1.165) is 0 Å². The molecule has 0 saturated heterocycles. The summed E-state index contributed by atoms with van der Waals surface area (Å²) in [7, 11) is -2.52. The van der Waals surface area contributed by atoms with Crippen LogP contribution in [-0.4, -0.2) is 23.0 Å². The third-order valence-electron chi connectivity index (χ3n) is 3.64. The Labute approximate surface area is 150 Å². The van der Waals surface area contributed by atoms with Gasteiger partial charge in [-0.1, -0.05) is 29.8 Å². The smallest absolute Gasteiger partial charge is 0.155 e. The number of aromatic nitrogens is 3. The van der Waals surface area contributed by atoms with Crippen molar-refractivity contribution in [2.75, 3.05) is 0 Å². The van der Waals surface area contributed by atoms with Crippen molar-refractivity contribution in [3.05, 3.63) is 65.0 Å². The molecule has 0 aliphatic heterocycles. The third-order valence-corrected chi connectivity index (χ3v) is 4.54. The zero-order chi connectivity index (χ0) is 18.0. The molecule has 0 atom stereocenters. The molecule has 3 aromatic rings. The maximum atomic E-state index is 14.1. The Morgan fingerprint density at radius 3 is 2.60 bits per heavy atom. The van der Waals surface area contributed by atoms with E-state index < -0.39 is 16.5 Å². The molecule has 0 unspecified atom stereocenters. The second-order valence-electron chi connectivity index (χ2n) is 5.28. The lowest BCUT2D eigenvalue weighted by Gasteiger charge is -2.10. The van der Waals surface area contributed by atoms with Gasteiger partial charge in [0.25, 0.3) is 0 Å². The molecule has 6 nitrogen and oxygen atoms in total. The molecule has 0 saturated carbocycles. The Morgan fingerprint density at radius 2 is 2.00 bits per heavy atom. The first-order chi connectivity index (χ1) is 12.0. The van der Waals surface area contributed by atoms with Crippen molar-refractivity contribution in [2.45, 2.75) is 12.3 Å². The summed E-state index contributed by atoms with van der Waals surface area (Å²) >= 11 is 6.17. The number of hydrogen-bond acceptors (Lipinski definition) is 5. The molecule has 3 rings (SSSR count). The van der Waals surface area contributed by atoms with Gasteiger partial charge in [-0.3, -0.25) is 4.57 Å². The Balaban J connectivity index is 2.03. The number of nitrogens with zero attached hydrogens (tertiary/aromatic N) is 3. The fraction of sp³-hybridized carbons (Fsp3) is 0.125. The fourth-order valence-electron chi connectivity index (χ4n) is 2.42. The summed E-state index contributed by atoms with van der Waals surface area (Å²) in [6, 6.07) is 7.96. The van der Waals surface area contributed by atoms with Gasteiger partial charge in [0, 0.05) is 23.9 Å². The molecule has 2 N–H and O–H groups in total. The number of rotatable bonds is 5. The SMILES string of the molecule is NCc1ccc(-c2c(Cl)ncn2-c2ccc(C[SH](=O)=O)cn2)cc1F. The minimum Gasteiger partial charge on any atom is -0.326 e. The van der Waals surface area contributed by atoms with E-state index in [4.69, 9.17) is 17.3 Å². The standard InChI is InChI=1S/C16H14ClFN4O2S/c17-16-15(11-2-3-12(6-19)13(18)5-11)22(9-21-16)14-4-1-10(7-20-14)8-25(23)24/h1-5,7,9,25H,6,8,19H2. The number of imidazole rings is 1. The number of nitrogens with two attached hydrogens (primary N) is 1. The predicted molar refractivity (Wildman–Crippen MR) is 93.7 cm³/mol. The number of halogens is 2. The second-order valence-corrected chi connectivity index (χ2v) is 6.62. The minimum atomic E-state index is -2.52. The van der Waals surface area contributed by atoms with E-state index in [2.05, 4.69) is 9.97 Å². The van der Waals surface area contributed by atoms with Crippen LogP contribution >= 0.6 is 11.6 Å². The van der Waals surface area contributed by atoms with Crippen molar-refractivity contribution in [1.82, 2.24) is 14.5 Å². The molecule has 0 aliphatic rings. The van der Waals surface area contributed by atoms with Crippen molar-refractivity contribution < 1.29 is 12.8 Å². The third kappa shape index (κ3) is 3.71. The van der Waals surface area contributed by atoms with Gasteiger partial charge in [-0.2, -0.15) is 0 Å². The summed E-state index contributed by atoms with van der Waals surface area (Å²) < 4.78 is 37.2. The lowest BCUT2D eigenvalue weighted by atomic mass is 10.1. The highest BCUT2D eigenvalue weighted by molar-refractivity contribution is 7.71. The number of pyridine rings is 1. The van der Waals surface area contributed by atoms with Crippen molar-refractivity contribution in [2.24, 2.45) is 5.73 Å². The van der Waals surface area contributed by atoms with E-state index in [9.17, 15) is 12.8 Å². The van der Waals surface area contributed by atoms with Crippen LogP contribution in [0, 0.1) is 5.82 Å². The summed E-state index contributed by atoms with van der Waals surface area (Å²) in [5.74, 6) is -0.0136. The van der Waals surface area contributed by atoms with Gasteiger partial charge in [0.1, 0.15) is 28.7 Å². The molecule has 0 aliphatic carbocycles. The fourth-order valence-corrected chi connectivity index (χ4v) is 3.15. The minimum absolute atomic E-state index is 0.0775. The maximum absolute atomic E-state index is 14.1. The van der Waals surface area contributed by atoms with E-state index in [-0.39, 0.29) is 17.5 Å². The molecule has 0 fully saturated rings. The van der Waals surface area contributed by atoms with Crippen LogP contribution in [0.1, 0.15) is 11.1 Å². The number of hydrogen-bond donors (Lipinski definition) is 2. The largest absolute Gasteiger partial charge is 0.326 e. The Morgan fingerprint density at radius 1 is 1.20 bits per heavy atom. The monoisotopic (exact) mass is 380 g/mol. The summed E-state index contributed by atoms with van der Waals surface area (Å²) in [6.07, 6.45) is 2.94. The molecule has 130 valence electrons. The van der Waals surface area contributed by atoms with Crippen LogP contribution in [0.4, 0.5) is 4.39 Å². The zero-order valence-corrected chi connectivity index (χ0v) is 14.5. The lowest BCUT2D eigenvalue weighted by molar-refractivity contribution is 0.611. The topological polar surface area (TPSA) is 90.9 Å². The number of thiol groups is 1. The maximum Gasteiger partial charge on any atom is 0.155 e. The van der Waals surface area contributed by atoms with Gasteiger partial charge in [0.2, 0.25) is 0 Å². The Hall–Kier alpha value is -2.29. The molecule has 1 aromatic carbocycles. The molecule has 0 spiro atoms. The summed E-state index contributed by atoms with van der Waals surface area (Å²) in [4.78, 5) is 8.30. The van der Waals surface area contributed by atoms with E-state index in [1.165, 1.54) is 18.6 Å². The van der Waals surface area contributed by atoms with Crippen LogP contribution in [0.3, 0.4) is 0 Å². The molecule has 0 amide bonds. The Bertz CT molecular complexity index is 978. The van der Waals surface area contributed by atoms with Crippen LogP contribution in [0.15, 0.2) is 42.9 Å². The highest BCUT2D eigenvalue weighted by atomic mass is 35.5. The quantitative estimate of drug-likeness (QED) is 0.663. The first-order valence-electron chi connectivity index (χ1n) is 7.28. The highest BCUT2D eigenvalue weighted by Gasteiger charge is 2.15. The van der Waals surface area contributed by atoms with E-state index in [1.54, 1.807) is 28.8 Å². The van der Waals surface area contributed by atoms with Gasteiger partial charge in [0.05, 0.1) is 11.4 Å². The van der Waals surface area contributed by atoms with Gasteiger partial charge < -0.3 is 5.73 Å². The second kappa shape index (κ2) is 7.30. The molecule has 2 heterocycles. The normalized spacial score (nSPS) is 11.2. The van der Waals surface area contributed by atoms with Crippen molar-refractivity contribution in [3.8, 4) is 17.1 Å². The first-order valence-corrected chi connectivity index (χ1v) is 9.02. The average Bonchev–Trinajstić information content (AvgIpc) is 2.96. The number of benzene rings is 1. The molecule has 0 radical (unpaired) electrons. The summed E-state index contributed by atoms with van der Waals surface area (Å²) in [6.45, 7) is 0.101. The van der Waals surface area contributed by atoms with Gasteiger partial charge in [0.15, 0.2) is 5.15 Å². The molecular weight excluding hydrogens is 367 g/mol. The van der Waals surface area contributed by atoms with Crippen LogP contribution in [-0.2, 0) is 23.0 Å². The van der Waals surface area contributed by atoms with Gasteiger partial charge in [-0.15, -0.1) is 0 Å². The first kappa shape index (κ1) is 17.5. The summed E-state index contributed by atoms with van der Waals surface area (Å²) in [5.41, 5.74) is 7.48. The van der Waals surface area contributed by atoms with Gasteiger partial charge in [-0.25, -0.2) is 22.8 Å². The van der Waals surface area contributed by atoms with Crippen LogP contribution in [0.25, 0.3) is 17.1 Å². The van der Waals surface area contributed by atoms with Crippen LogP contribution in [0.2, 0.25) is 5.15 Å².